The van der Waals surface area contributed by atoms with E-state index in [0.717, 1.165) is 83.5 Å². The molecule has 6 rings (SSSR count). The van der Waals surface area contributed by atoms with E-state index in [-0.39, 0.29) is 17.4 Å². The van der Waals surface area contributed by atoms with Gasteiger partial charge in [0.2, 0.25) is 0 Å². The number of ether oxygens (including phenoxy) is 1. The number of benzene rings is 1. The van der Waals surface area contributed by atoms with Gasteiger partial charge in [-0.1, -0.05) is 12.1 Å². The van der Waals surface area contributed by atoms with Crippen molar-refractivity contribution in [2.24, 2.45) is 0 Å². The van der Waals surface area contributed by atoms with E-state index in [1.807, 2.05) is 41.4 Å². The van der Waals surface area contributed by atoms with Gasteiger partial charge in [-0.25, -0.2) is 0 Å². The van der Waals surface area contributed by atoms with E-state index < -0.39 is 0 Å². The number of piperazine rings is 1. The van der Waals surface area contributed by atoms with Gasteiger partial charge in [0.1, 0.15) is 5.00 Å². The molecule has 2 aromatic heterocycles. The first-order chi connectivity index (χ1) is 18.8. The number of likely N-dealkylation sites (N-methyl/N-ethyl adjacent to an activating group) is 1. The molecule has 0 saturated carbocycles. The summed E-state index contributed by atoms with van der Waals surface area (Å²) < 4.78 is 5.62. The molecule has 204 valence electrons. The lowest BCUT2D eigenvalue weighted by molar-refractivity contribution is 0.0664. The number of anilines is 1. The Balaban J connectivity index is 1.38. The van der Waals surface area contributed by atoms with Crippen LogP contribution in [0, 0.1) is 0 Å². The van der Waals surface area contributed by atoms with Crippen LogP contribution in [0.15, 0.2) is 42.6 Å². The van der Waals surface area contributed by atoms with Crippen molar-refractivity contribution in [1.29, 1.82) is 0 Å². The Morgan fingerprint density at radius 2 is 1.79 bits per heavy atom. The van der Waals surface area contributed by atoms with Gasteiger partial charge in [0, 0.05) is 67.7 Å². The van der Waals surface area contributed by atoms with Crippen molar-refractivity contribution in [3.8, 4) is 22.4 Å². The Bertz CT molecular complexity index is 1400. The molecule has 0 bridgehead atoms. The Kier molecular flexibility index (Phi) is 6.91. The molecule has 1 N–H and O–H groups in total. The van der Waals surface area contributed by atoms with Crippen LogP contribution < -0.4 is 10.2 Å². The molecule has 2 saturated heterocycles. The Morgan fingerprint density at radius 1 is 1.03 bits per heavy atom. The summed E-state index contributed by atoms with van der Waals surface area (Å²) >= 11 is 1.58. The lowest BCUT2D eigenvalue weighted by Crippen LogP contribution is -2.48. The average Bonchev–Trinajstić information content (AvgIpc) is 3.32. The molecule has 0 aliphatic carbocycles. The molecule has 1 aromatic carbocycles. The quantitative estimate of drug-likeness (QED) is 0.538. The number of morpholine rings is 1. The van der Waals surface area contributed by atoms with Crippen molar-refractivity contribution in [3.63, 3.8) is 0 Å². The van der Waals surface area contributed by atoms with Crippen LogP contribution in [0.3, 0.4) is 0 Å². The second-order valence-electron chi connectivity index (χ2n) is 11.3. The molecule has 9 heteroatoms. The van der Waals surface area contributed by atoms with Crippen LogP contribution >= 0.6 is 11.3 Å². The number of rotatable bonds is 4. The van der Waals surface area contributed by atoms with Gasteiger partial charge >= 0.3 is 0 Å². The highest BCUT2D eigenvalue weighted by molar-refractivity contribution is 7.19. The number of nitrogens with zero attached hydrogens (tertiary/aromatic N) is 4. The van der Waals surface area contributed by atoms with Crippen LogP contribution in [0.4, 0.5) is 5.00 Å². The molecular weight excluding hydrogens is 510 g/mol. The van der Waals surface area contributed by atoms with Crippen LogP contribution in [0.25, 0.3) is 22.4 Å². The highest BCUT2D eigenvalue weighted by Gasteiger charge is 2.36. The Hall–Kier alpha value is -3.27. The molecule has 8 nitrogen and oxygen atoms in total. The lowest BCUT2D eigenvalue weighted by atomic mass is 9.87. The van der Waals surface area contributed by atoms with E-state index in [2.05, 4.69) is 42.1 Å². The lowest BCUT2D eigenvalue weighted by Gasteiger charge is -2.32. The van der Waals surface area contributed by atoms with Crippen molar-refractivity contribution in [3.05, 3.63) is 58.6 Å². The fourth-order valence-corrected chi connectivity index (χ4v) is 6.98. The van der Waals surface area contributed by atoms with Crippen LogP contribution in [0.2, 0.25) is 0 Å². The summed E-state index contributed by atoms with van der Waals surface area (Å²) in [6.45, 7) is 10.4. The fraction of sp³-hybridized carbons (Fsp3) is 0.433. The third-order valence-electron chi connectivity index (χ3n) is 7.81. The Morgan fingerprint density at radius 3 is 2.56 bits per heavy atom. The second-order valence-corrected chi connectivity index (χ2v) is 12.3. The van der Waals surface area contributed by atoms with Gasteiger partial charge in [-0.15, -0.1) is 11.3 Å². The summed E-state index contributed by atoms with van der Waals surface area (Å²) in [6, 6.07) is 11.9. The number of hydrogen-bond acceptors (Lipinski definition) is 7. The molecule has 0 unspecified atom stereocenters. The number of fused-ring (bicyclic) bond motifs is 1. The van der Waals surface area contributed by atoms with Crippen LogP contribution in [0.5, 0.6) is 0 Å². The van der Waals surface area contributed by atoms with Crippen molar-refractivity contribution in [2.45, 2.75) is 25.8 Å². The fourth-order valence-electron chi connectivity index (χ4n) is 5.69. The van der Waals surface area contributed by atoms with E-state index in [4.69, 9.17) is 9.72 Å². The van der Waals surface area contributed by atoms with Gasteiger partial charge in [0.05, 0.1) is 23.8 Å². The maximum Gasteiger partial charge on any atom is 0.262 e. The average molecular weight is 546 g/mol. The van der Waals surface area contributed by atoms with Gasteiger partial charge in [-0.3, -0.25) is 14.6 Å². The number of aromatic nitrogens is 1. The van der Waals surface area contributed by atoms with Gasteiger partial charge in [0.25, 0.3) is 11.8 Å². The minimum absolute atomic E-state index is 0.00332. The molecule has 3 aromatic rings. The second kappa shape index (κ2) is 10.4. The molecule has 39 heavy (non-hydrogen) atoms. The maximum atomic E-state index is 13.3. The number of nitrogens with one attached hydrogen (secondary N) is 1. The van der Waals surface area contributed by atoms with E-state index >= 15 is 0 Å². The third-order valence-corrected chi connectivity index (χ3v) is 9.10. The number of carbonyl (C=O) groups excluding carboxylic acids is 2. The summed E-state index contributed by atoms with van der Waals surface area (Å²) in [6.07, 6.45) is 2.59. The van der Waals surface area contributed by atoms with E-state index in [9.17, 15) is 9.59 Å². The van der Waals surface area contributed by atoms with Crippen molar-refractivity contribution >= 4 is 28.2 Å². The van der Waals surface area contributed by atoms with Gasteiger partial charge in [-0.05, 0) is 62.7 Å². The summed E-state index contributed by atoms with van der Waals surface area (Å²) in [4.78, 5) is 38.4. The highest BCUT2D eigenvalue weighted by atomic mass is 32.1. The summed E-state index contributed by atoms with van der Waals surface area (Å²) in [5.41, 5.74) is 5.35. The zero-order chi connectivity index (χ0) is 27.1. The van der Waals surface area contributed by atoms with Crippen LogP contribution in [-0.4, -0.2) is 91.7 Å². The van der Waals surface area contributed by atoms with E-state index in [1.54, 1.807) is 11.3 Å². The molecule has 2 amide bonds. The summed E-state index contributed by atoms with van der Waals surface area (Å²) in [5.74, 6) is 0.0623. The number of hydrogen-bond donors (Lipinski definition) is 1. The Labute approximate surface area is 233 Å². The number of amides is 2. The molecule has 3 aliphatic rings. The summed E-state index contributed by atoms with van der Waals surface area (Å²) in [5, 5.41) is 4.29. The molecule has 0 spiro atoms. The van der Waals surface area contributed by atoms with Crippen molar-refractivity contribution < 1.29 is 14.3 Å². The smallest absolute Gasteiger partial charge is 0.262 e. The zero-order valence-corrected chi connectivity index (χ0v) is 23.6. The minimum atomic E-state index is -0.323. The first-order valence-corrected chi connectivity index (χ1v) is 14.5. The molecule has 5 heterocycles. The molecule has 0 atom stereocenters. The predicted octanol–water partition coefficient (Wildman–Crippen LogP) is 3.77. The van der Waals surface area contributed by atoms with Crippen LogP contribution in [-0.2, 0) is 11.2 Å². The maximum absolute atomic E-state index is 13.3. The predicted molar refractivity (Wildman–Crippen MR) is 155 cm³/mol. The minimum Gasteiger partial charge on any atom is -0.378 e. The number of thiophene rings is 1. The monoisotopic (exact) mass is 545 g/mol. The standard InChI is InChI=1S/C30H35N5O3S/c1-30(2)19-23-25(29(35-13-15-38-16-14-35)39-26(23)27(36)32-30)21-7-8-31-24(18-21)20-5-4-6-22(17-20)28(37)34-11-9-33(3)10-12-34/h4-8,17-18H,9-16,19H2,1-3H3,(H,32,36). The van der Waals surface area contributed by atoms with Gasteiger partial charge in [0.15, 0.2) is 0 Å². The first kappa shape index (κ1) is 26.0. The summed E-state index contributed by atoms with van der Waals surface area (Å²) in [7, 11) is 2.09. The topological polar surface area (TPSA) is 78.0 Å². The largest absolute Gasteiger partial charge is 0.378 e. The van der Waals surface area contributed by atoms with Crippen molar-refractivity contribution in [2.75, 3.05) is 64.4 Å². The molecule has 2 fully saturated rings. The highest BCUT2D eigenvalue weighted by Crippen LogP contribution is 2.46. The molecule has 0 radical (unpaired) electrons. The number of carbonyl (C=O) groups is 2. The van der Waals surface area contributed by atoms with E-state index in [0.29, 0.717) is 18.8 Å². The molecule has 3 aliphatic heterocycles. The van der Waals surface area contributed by atoms with Gasteiger partial charge in [-0.2, -0.15) is 0 Å². The van der Waals surface area contributed by atoms with Gasteiger partial charge < -0.3 is 24.8 Å². The number of pyridine rings is 1. The first-order valence-electron chi connectivity index (χ1n) is 13.6. The van der Waals surface area contributed by atoms with Crippen molar-refractivity contribution in [1.82, 2.24) is 20.1 Å². The zero-order valence-electron chi connectivity index (χ0n) is 22.8. The van der Waals surface area contributed by atoms with Crippen LogP contribution in [0.1, 0.15) is 39.4 Å². The molecular formula is C30H35N5O3S. The van der Waals surface area contributed by atoms with E-state index in [1.165, 1.54) is 0 Å². The SMILES string of the molecule is CN1CCN(C(=O)c2cccc(-c3cc(-c4c(N5CCOCC5)sc5c4CC(C)(C)NC5=O)ccn3)c2)CC1. The third kappa shape index (κ3) is 5.18. The normalized spacial score (nSPS) is 19.5.